The van der Waals surface area contributed by atoms with Gasteiger partial charge in [0, 0.05) is 35.2 Å². The van der Waals surface area contributed by atoms with Crippen molar-refractivity contribution in [1.82, 2.24) is 4.90 Å². The number of halogens is 2. The topological polar surface area (TPSA) is 29.3 Å². The van der Waals surface area contributed by atoms with Gasteiger partial charge in [0.05, 0.1) is 0 Å². The second-order valence-electron chi connectivity index (χ2n) is 5.30. The predicted octanol–water partition coefficient (Wildman–Crippen LogP) is 3.72. The van der Waals surface area contributed by atoms with Crippen LogP contribution < -0.4 is 5.73 Å². The lowest BCUT2D eigenvalue weighted by atomic mass is 10.0. The molecule has 0 saturated carbocycles. The third kappa shape index (κ3) is 2.83. The van der Waals surface area contributed by atoms with Gasteiger partial charge in [0.15, 0.2) is 0 Å². The van der Waals surface area contributed by atoms with Crippen molar-refractivity contribution in [3.63, 3.8) is 0 Å². The molecule has 1 saturated heterocycles. The Morgan fingerprint density at radius 3 is 2.61 bits per heavy atom. The standard InChI is InChI=1S/C14H20Cl2N2/c1-9-5-10(2)18(8-9)14(7-17)12-4-3-11(15)6-13(12)16/h3-4,6,9-10,14H,5,7-8,17H2,1-2H3. The Morgan fingerprint density at radius 2 is 2.11 bits per heavy atom. The molecule has 3 atom stereocenters. The van der Waals surface area contributed by atoms with Crippen LogP contribution in [-0.2, 0) is 0 Å². The predicted molar refractivity (Wildman–Crippen MR) is 78.2 cm³/mol. The first kappa shape index (κ1) is 14.1. The molecule has 2 N–H and O–H groups in total. The highest BCUT2D eigenvalue weighted by molar-refractivity contribution is 6.35. The Kier molecular flexibility index (Phi) is 4.54. The van der Waals surface area contributed by atoms with E-state index in [1.54, 1.807) is 6.07 Å². The van der Waals surface area contributed by atoms with E-state index in [0.717, 1.165) is 18.0 Å². The summed E-state index contributed by atoms with van der Waals surface area (Å²) in [7, 11) is 0. The van der Waals surface area contributed by atoms with Gasteiger partial charge < -0.3 is 5.73 Å². The van der Waals surface area contributed by atoms with Crippen LogP contribution >= 0.6 is 23.2 Å². The number of rotatable bonds is 3. The van der Waals surface area contributed by atoms with Crippen LogP contribution in [0, 0.1) is 5.92 Å². The number of nitrogens with zero attached hydrogens (tertiary/aromatic N) is 1. The highest BCUT2D eigenvalue weighted by Gasteiger charge is 2.32. The molecule has 1 aromatic rings. The monoisotopic (exact) mass is 286 g/mol. The van der Waals surface area contributed by atoms with Crippen LogP contribution in [0.5, 0.6) is 0 Å². The maximum absolute atomic E-state index is 6.30. The molecule has 1 aromatic carbocycles. The van der Waals surface area contributed by atoms with Gasteiger partial charge in [-0.25, -0.2) is 0 Å². The highest BCUT2D eigenvalue weighted by Crippen LogP contribution is 2.35. The summed E-state index contributed by atoms with van der Waals surface area (Å²) in [5.74, 6) is 0.722. The van der Waals surface area contributed by atoms with E-state index in [1.165, 1.54) is 6.42 Å². The Morgan fingerprint density at radius 1 is 1.39 bits per heavy atom. The fraction of sp³-hybridized carbons (Fsp3) is 0.571. The van der Waals surface area contributed by atoms with Crippen LogP contribution in [0.3, 0.4) is 0 Å². The Balaban J connectivity index is 2.28. The highest BCUT2D eigenvalue weighted by atomic mass is 35.5. The average molecular weight is 287 g/mol. The molecule has 2 nitrogen and oxygen atoms in total. The van der Waals surface area contributed by atoms with E-state index in [2.05, 4.69) is 18.7 Å². The molecule has 4 heteroatoms. The molecule has 100 valence electrons. The van der Waals surface area contributed by atoms with Crippen LogP contribution in [0.25, 0.3) is 0 Å². The van der Waals surface area contributed by atoms with Crippen molar-refractivity contribution >= 4 is 23.2 Å². The molecule has 0 radical (unpaired) electrons. The van der Waals surface area contributed by atoms with Crippen molar-refractivity contribution in [2.75, 3.05) is 13.1 Å². The van der Waals surface area contributed by atoms with Gasteiger partial charge in [-0.15, -0.1) is 0 Å². The van der Waals surface area contributed by atoms with Gasteiger partial charge in [-0.1, -0.05) is 36.2 Å². The minimum atomic E-state index is 0.190. The van der Waals surface area contributed by atoms with E-state index >= 15 is 0 Å². The molecule has 0 bridgehead atoms. The summed E-state index contributed by atoms with van der Waals surface area (Å²) in [4.78, 5) is 2.46. The normalized spacial score (nSPS) is 26.5. The van der Waals surface area contributed by atoms with Crippen molar-refractivity contribution in [2.45, 2.75) is 32.4 Å². The Hall–Kier alpha value is -0.280. The van der Waals surface area contributed by atoms with Crippen molar-refractivity contribution in [1.29, 1.82) is 0 Å². The van der Waals surface area contributed by atoms with Crippen LogP contribution in [-0.4, -0.2) is 24.0 Å². The zero-order chi connectivity index (χ0) is 13.3. The van der Waals surface area contributed by atoms with Gasteiger partial charge in [0.2, 0.25) is 0 Å². The molecule has 18 heavy (non-hydrogen) atoms. The smallest absolute Gasteiger partial charge is 0.0488 e. The average Bonchev–Trinajstić information content (AvgIpc) is 2.62. The lowest BCUT2D eigenvalue weighted by molar-refractivity contribution is 0.192. The zero-order valence-electron chi connectivity index (χ0n) is 10.9. The zero-order valence-corrected chi connectivity index (χ0v) is 12.4. The summed E-state index contributed by atoms with van der Waals surface area (Å²) < 4.78 is 0. The van der Waals surface area contributed by atoms with E-state index < -0.39 is 0 Å². The molecule has 0 spiro atoms. The SMILES string of the molecule is CC1CC(C)N(C(CN)c2ccc(Cl)cc2Cl)C1. The lowest BCUT2D eigenvalue weighted by Gasteiger charge is -2.31. The van der Waals surface area contributed by atoms with E-state index in [4.69, 9.17) is 28.9 Å². The third-order valence-corrected chi connectivity index (χ3v) is 4.34. The number of likely N-dealkylation sites (tertiary alicyclic amines) is 1. The van der Waals surface area contributed by atoms with Crippen LogP contribution in [0.15, 0.2) is 18.2 Å². The molecule has 1 aliphatic rings. The molecular formula is C14H20Cl2N2. The second-order valence-corrected chi connectivity index (χ2v) is 6.15. The first-order chi connectivity index (χ1) is 8.52. The number of hydrogen-bond donors (Lipinski definition) is 1. The summed E-state index contributed by atoms with van der Waals surface area (Å²) >= 11 is 12.2. The second kappa shape index (κ2) is 5.79. The summed E-state index contributed by atoms with van der Waals surface area (Å²) in [6, 6.07) is 6.42. The van der Waals surface area contributed by atoms with Crippen LogP contribution in [0.2, 0.25) is 10.0 Å². The maximum Gasteiger partial charge on any atom is 0.0488 e. The molecule has 3 unspecified atom stereocenters. The quantitative estimate of drug-likeness (QED) is 0.918. The number of hydrogen-bond acceptors (Lipinski definition) is 2. The van der Waals surface area contributed by atoms with Gasteiger partial charge in [-0.05, 0) is 37.0 Å². The Bertz CT molecular complexity index is 422. The molecule has 1 aliphatic heterocycles. The van der Waals surface area contributed by atoms with Gasteiger partial charge >= 0.3 is 0 Å². The molecule has 0 aromatic heterocycles. The lowest BCUT2D eigenvalue weighted by Crippen LogP contribution is -2.36. The van der Waals surface area contributed by atoms with E-state index in [-0.39, 0.29) is 6.04 Å². The van der Waals surface area contributed by atoms with E-state index in [1.807, 2.05) is 12.1 Å². The van der Waals surface area contributed by atoms with Crippen molar-refractivity contribution in [3.8, 4) is 0 Å². The molecule has 2 rings (SSSR count). The van der Waals surface area contributed by atoms with Crippen molar-refractivity contribution in [2.24, 2.45) is 11.7 Å². The molecule has 0 aliphatic carbocycles. The van der Waals surface area contributed by atoms with Gasteiger partial charge in [-0.3, -0.25) is 4.90 Å². The summed E-state index contributed by atoms with van der Waals surface area (Å²) in [5, 5.41) is 1.38. The van der Waals surface area contributed by atoms with E-state index in [9.17, 15) is 0 Å². The molecular weight excluding hydrogens is 267 g/mol. The van der Waals surface area contributed by atoms with Gasteiger partial charge in [0.1, 0.15) is 0 Å². The largest absolute Gasteiger partial charge is 0.329 e. The summed E-state index contributed by atoms with van der Waals surface area (Å²) in [5.41, 5.74) is 7.05. The fourth-order valence-electron chi connectivity index (χ4n) is 2.98. The first-order valence-electron chi connectivity index (χ1n) is 6.43. The molecule has 1 heterocycles. The van der Waals surface area contributed by atoms with Crippen LogP contribution in [0.1, 0.15) is 31.9 Å². The summed E-state index contributed by atoms with van der Waals surface area (Å²) in [6.07, 6.45) is 1.22. The molecule has 0 amide bonds. The number of benzene rings is 1. The van der Waals surface area contributed by atoms with Gasteiger partial charge in [-0.2, -0.15) is 0 Å². The minimum Gasteiger partial charge on any atom is -0.329 e. The van der Waals surface area contributed by atoms with E-state index in [0.29, 0.717) is 22.6 Å². The van der Waals surface area contributed by atoms with Crippen molar-refractivity contribution in [3.05, 3.63) is 33.8 Å². The fourth-order valence-corrected chi connectivity index (χ4v) is 3.51. The minimum absolute atomic E-state index is 0.190. The van der Waals surface area contributed by atoms with Crippen LogP contribution in [0.4, 0.5) is 0 Å². The first-order valence-corrected chi connectivity index (χ1v) is 7.19. The van der Waals surface area contributed by atoms with Crippen molar-refractivity contribution < 1.29 is 0 Å². The maximum atomic E-state index is 6.30. The molecule has 1 fully saturated rings. The Labute approximate surface area is 119 Å². The van der Waals surface area contributed by atoms with Gasteiger partial charge in [0.25, 0.3) is 0 Å². The number of nitrogens with two attached hydrogens (primary N) is 1. The summed E-state index contributed by atoms with van der Waals surface area (Å²) in [6.45, 7) is 6.21. The third-order valence-electron chi connectivity index (χ3n) is 3.78.